The molecule has 0 bridgehead atoms. The molecule has 0 aliphatic heterocycles. The standard InChI is InChI=1S/C16H13N5OS/c1-21-9-18-8-14(21)13-6-11(4-5-19-13)22-10-2-3-12-15(7-10)23-16(17)20-12/h2-9H,1H3,(H2,17,20). The highest BCUT2D eigenvalue weighted by Gasteiger charge is 2.07. The van der Waals surface area contributed by atoms with E-state index in [0.29, 0.717) is 10.9 Å². The molecule has 0 aliphatic rings. The van der Waals surface area contributed by atoms with E-state index >= 15 is 0 Å². The quantitative estimate of drug-likeness (QED) is 0.624. The minimum absolute atomic E-state index is 0.555. The SMILES string of the molecule is Cn1cncc1-c1cc(Oc2ccc3nc(N)sc3c2)ccn1. The molecule has 4 rings (SSSR count). The molecule has 0 unspecified atom stereocenters. The molecule has 3 aromatic heterocycles. The van der Waals surface area contributed by atoms with Gasteiger partial charge in [0.25, 0.3) is 0 Å². The predicted molar refractivity (Wildman–Crippen MR) is 90.5 cm³/mol. The lowest BCUT2D eigenvalue weighted by Gasteiger charge is -2.07. The second-order valence-corrected chi connectivity index (χ2v) is 6.11. The zero-order chi connectivity index (χ0) is 15.8. The Morgan fingerprint density at radius 3 is 2.87 bits per heavy atom. The molecule has 1 aromatic carbocycles. The first-order chi connectivity index (χ1) is 11.2. The molecule has 0 atom stereocenters. The van der Waals surface area contributed by atoms with E-state index in [2.05, 4.69) is 15.0 Å². The summed E-state index contributed by atoms with van der Waals surface area (Å²) in [6.45, 7) is 0. The first-order valence-corrected chi connectivity index (χ1v) is 7.77. The number of thiazole rings is 1. The highest BCUT2D eigenvalue weighted by atomic mass is 32.1. The molecule has 0 spiro atoms. The summed E-state index contributed by atoms with van der Waals surface area (Å²) in [6.07, 6.45) is 5.24. The van der Waals surface area contributed by atoms with Gasteiger partial charge in [-0.3, -0.25) is 4.98 Å². The van der Waals surface area contributed by atoms with E-state index in [1.54, 1.807) is 18.7 Å². The van der Waals surface area contributed by atoms with Gasteiger partial charge < -0.3 is 15.0 Å². The molecule has 0 fully saturated rings. The van der Waals surface area contributed by atoms with Crippen LogP contribution in [-0.2, 0) is 7.05 Å². The van der Waals surface area contributed by atoms with Crippen LogP contribution in [0.2, 0.25) is 0 Å². The van der Waals surface area contributed by atoms with Crippen molar-refractivity contribution in [2.24, 2.45) is 7.05 Å². The molecule has 3 heterocycles. The third-order valence-electron chi connectivity index (χ3n) is 3.42. The van der Waals surface area contributed by atoms with Crippen LogP contribution in [0.15, 0.2) is 49.1 Å². The van der Waals surface area contributed by atoms with Gasteiger partial charge in [-0.2, -0.15) is 0 Å². The first kappa shape index (κ1) is 13.7. The van der Waals surface area contributed by atoms with Crippen molar-refractivity contribution in [3.05, 3.63) is 49.1 Å². The minimum atomic E-state index is 0.555. The van der Waals surface area contributed by atoms with Gasteiger partial charge in [-0.15, -0.1) is 0 Å². The highest BCUT2D eigenvalue weighted by Crippen LogP contribution is 2.30. The number of nitrogen functional groups attached to an aromatic ring is 1. The van der Waals surface area contributed by atoms with Crippen LogP contribution < -0.4 is 10.5 Å². The normalized spacial score (nSPS) is 11.0. The van der Waals surface area contributed by atoms with Crippen molar-refractivity contribution >= 4 is 26.7 Å². The van der Waals surface area contributed by atoms with E-state index < -0.39 is 0 Å². The summed E-state index contributed by atoms with van der Waals surface area (Å²) in [5, 5.41) is 0.555. The molecule has 0 saturated carbocycles. The van der Waals surface area contributed by atoms with Gasteiger partial charge in [0.15, 0.2) is 5.13 Å². The number of nitrogens with zero attached hydrogens (tertiary/aromatic N) is 4. The van der Waals surface area contributed by atoms with Crippen molar-refractivity contribution < 1.29 is 4.74 Å². The molecule has 0 saturated heterocycles. The van der Waals surface area contributed by atoms with Crippen LogP contribution in [0, 0.1) is 0 Å². The van der Waals surface area contributed by atoms with Gasteiger partial charge in [0.05, 0.1) is 34.1 Å². The van der Waals surface area contributed by atoms with Crippen LogP contribution in [0.3, 0.4) is 0 Å². The van der Waals surface area contributed by atoms with E-state index in [-0.39, 0.29) is 0 Å². The zero-order valence-electron chi connectivity index (χ0n) is 12.3. The smallest absolute Gasteiger partial charge is 0.181 e. The number of pyridine rings is 1. The van der Waals surface area contributed by atoms with Gasteiger partial charge in [0.2, 0.25) is 0 Å². The molecule has 2 N–H and O–H groups in total. The van der Waals surface area contributed by atoms with Crippen LogP contribution in [0.4, 0.5) is 5.13 Å². The van der Waals surface area contributed by atoms with Crippen molar-refractivity contribution in [3.8, 4) is 22.9 Å². The summed E-state index contributed by atoms with van der Waals surface area (Å²) < 4.78 is 8.86. The average Bonchev–Trinajstić information content (AvgIpc) is 3.12. The number of fused-ring (bicyclic) bond motifs is 1. The van der Waals surface area contributed by atoms with E-state index in [9.17, 15) is 0 Å². The van der Waals surface area contributed by atoms with E-state index in [1.165, 1.54) is 11.3 Å². The van der Waals surface area contributed by atoms with Crippen LogP contribution in [0.25, 0.3) is 21.6 Å². The van der Waals surface area contributed by atoms with Gasteiger partial charge in [0, 0.05) is 25.4 Å². The van der Waals surface area contributed by atoms with Gasteiger partial charge in [-0.25, -0.2) is 9.97 Å². The summed E-state index contributed by atoms with van der Waals surface area (Å²) in [5.74, 6) is 1.45. The van der Waals surface area contributed by atoms with Crippen LogP contribution in [0.1, 0.15) is 0 Å². The lowest BCUT2D eigenvalue weighted by molar-refractivity contribution is 0.483. The van der Waals surface area contributed by atoms with Crippen molar-refractivity contribution in [2.45, 2.75) is 0 Å². The Balaban J connectivity index is 1.66. The number of anilines is 1. The Kier molecular flexibility index (Phi) is 3.20. The van der Waals surface area contributed by atoms with Gasteiger partial charge in [-0.05, 0) is 18.2 Å². The fourth-order valence-corrected chi connectivity index (χ4v) is 3.10. The van der Waals surface area contributed by atoms with Gasteiger partial charge in [0.1, 0.15) is 11.5 Å². The molecule has 114 valence electrons. The maximum atomic E-state index is 5.94. The highest BCUT2D eigenvalue weighted by molar-refractivity contribution is 7.22. The summed E-state index contributed by atoms with van der Waals surface area (Å²) in [7, 11) is 1.93. The van der Waals surface area contributed by atoms with Crippen LogP contribution in [0.5, 0.6) is 11.5 Å². The minimum Gasteiger partial charge on any atom is -0.457 e. The Morgan fingerprint density at radius 2 is 2.04 bits per heavy atom. The van der Waals surface area contributed by atoms with Gasteiger partial charge >= 0.3 is 0 Å². The van der Waals surface area contributed by atoms with E-state index in [1.807, 2.05) is 41.9 Å². The van der Waals surface area contributed by atoms with Crippen molar-refractivity contribution in [3.63, 3.8) is 0 Å². The third-order valence-corrected chi connectivity index (χ3v) is 4.27. The number of rotatable bonds is 3. The largest absolute Gasteiger partial charge is 0.457 e. The average molecular weight is 323 g/mol. The molecular weight excluding hydrogens is 310 g/mol. The van der Waals surface area contributed by atoms with Crippen molar-refractivity contribution in [1.82, 2.24) is 19.5 Å². The fourth-order valence-electron chi connectivity index (χ4n) is 2.34. The summed E-state index contributed by atoms with van der Waals surface area (Å²) in [5.41, 5.74) is 8.35. The molecule has 0 radical (unpaired) electrons. The second-order valence-electron chi connectivity index (χ2n) is 5.05. The molecule has 6 nitrogen and oxygen atoms in total. The maximum Gasteiger partial charge on any atom is 0.181 e. The van der Waals surface area contributed by atoms with Crippen LogP contribution in [-0.4, -0.2) is 19.5 Å². The van der Waals surface area contributed by atoms with Crippen LogP contribution >= 0.6 is 11.3 Å². The summed E-state index contributed by atoms with van der Waals surface area (Å²) in [4.78, 5) is 12.7. The predicted octanol–water partition coefficient (Wildman–Crippen LogP) is 3.47. The number of hydrogen-bond donors (Lipinski definition) is 1. The number of ether oxygens (including phenoxy) is 1. The van der Waals surface area contributed by atoms with Crippen molar-refractivity contribution in [2.75, 3.05) is 5.73 Å². The fraction of sp³-hybridized carbons (Fsp3) is 0.0625. The molecule has 23 heavy (non-hydrogen) atoms. The molecule has 0 aliphatic carbocycles. The van der Waals surface area contributed by atoms with E-state index in [0.717, 1.165) is 27.4 Å². The second kappa shape index (κ2) is 5.36. The maximum absolute atomic E-state index is 5.94. The number of benzene rings is 1. The molecule has 7 heteroatoms. The van der Waals surface area contributed by atoms with Crippen molar-refractivity contribution in [1.29, 1.82) is 0 Å². The molecule has 0 amide bonds. The third kappa shape index (κ3) is 2.62. The Bertz CT molecular complexity index is 991. The zero-order valence-corrected chi connectivity index (χ0v) is 13.1. The lowest BCUT2D eigenvalue weighted by atomic mass is 10.2. The van der Waals surface area contributed by atoms with Gasteiger partial charge in [-0.1, -0.05) is 11.3 Å². The Hall–Kier alpha value is -2.93. The summed E-state index contributed by atoms with van der Waals surface area (Å²) >= 11 is 1.44. The van der Waals surface area contributed by atoms with E-state index in [4.69, 9.17) is 10.5 Å². The molecule has 4 aromatic rings. The first-order valence-electron chi connectivity index (χ1n) is 6.96. The lowest BCUT2D eigenvalue weighted by Crippen LogP contribution is -1.92. The Labute approximate surface area is 136 Å². The number of nitrogens with two attached hydrogens (primary N) is 1. The monoisotopic (exact) mass is 323 g/mol. The number of imidazole rings is 1. The number of aryl methyl sites for hydroxylation is 1. The topological polar surface area (TPSA) is 78.8 Å². The Morgan fingerprint density at radius 1 is 1.17 bits per heavy atom. The molecular formula is C16H13N5OS. The number of hydrogen-bond acceptors (Lipinski definition) is 6. The summed E-state index contributed by atoms with van der Waals surface area (Å²) in [6, 6.07) is 9.44. The number of aromatic nitrogens is 4.